The van der Waals surface area contributed by atoms with E-state index < -0.39 is 0 Å². The van der Waals surface area contributed by atoms with Gasteiger partial charge in [-0.3, -0.25) is 0 Å². The zero-order valence-corrected chi connectivity index (χ0v) is 12.9. The summed E-state index contributed by atoms with van der Waals surface area (Å²) >= 11 is 0. The summed E-state index contributed by atoms with van der Waals surface area (Å²) in [7, 11) is 4.80. The van der Waals surface area contributed by atoms with Crippen molar-refractivity contribution in [2.75, 3.05) is 14.1 Å². The molecule has 1 aliphatic heterocycles. The first-order valence-electron chi connectivity index (χ1n) is 6.65. The van der Waals surface area contributed by atoms with Gasteiger partial charge in [-0.1, -0.05) is 20.8 Å². The minimum atomic E-state index is 0.375. The molecular formula is C15H32N+. The van der Waals surface area contributed by atoms with Crippen molar-refractivity contribution in [1.29, 1.82) is 0 Å². The average molecular weight is 226 g/mol. The highest BCUT2D eigenvalue weighted by atomic mass is 15.4. The Balaban J connectivity index is 3.09. The number of likely N-dealkylation sites (tertiary alicyclic amines) is 1. The van der Waals surface area contributed by atoms with Crippen LogP contribution < -0.4 is 0 Å². The Bertz CT molecular complexity index is 246. The van der Waals surface area contributed by atoms with Crippen molar-refractivity contribution in [2.45, 2.75) is 72.4 Å². The van der Waals surface area contributed by atoms with Gasteiger partial charge in [0.2, 0.25) is 0 Å². The molecule has 0 atom stereocenters. The maximum Gasteiger partial charge on any atom is 0.0938 e. The third-order valence-electron chi connectivity index (χ3n) is 5.74. The van der Waals surface area contributed by atoms with E-state index in [0.717, 1.165) is 10.4 Å². The molecule has 1 saturated heterocycles. The van der Waals surface area contributed by atoms with Crippen molar-refractivity contribution in [3.05, 3.63) is 0 Å². The first-order valence-corrected chi connectivity index (χ1v) is 6.65. The van der Waals surface area contributed by atoms with Crippen LogP contribution in [0.25, 0.3) is 0 Å². The highest BCUT2D eigenvalue weighted by Crippen LogP contribution is 2.50. The maximum atomic E-state index is 2.44. The lowest BCUT2D eigenvalue weighted by molar-refractivity contribution is -0.988. The number of quaternary nitrogens is 1. The molecule has 0 amide bonds. The lowest BCUT2D eigenvalue weighted by Crippen LogP contribution is -2.71. The van der Waals surface area contributed by atoms with E-state index in [1.807, 2.05) is 0 Å². The second-order valence-corrected chi connectivity index (χ2v) is 8.55. The normalized spacial score (nSPS) is 29.1. The Hall–Kier alpha value is -0.0400. The standard InChI is InChI=1S/C15H32N/c1-13(2,3)12-10-14(4,5)16(8,9)15(6,7)11-12/h12H,10-11H2,1-9H3/q+1. The van der Waals surface area contributed by atoms with Crippen LogP contribution >= 0.6 is 0 Å². The molecule has 0 aromatic rings. The third kappa shape index (κ3) is 2.03. The fourth-order valence-electron chi connectivity index (χ4n) is 3.17. The molecule has 0 radical (unpaired) electrons. The molecule has 96 valence electrons. The molecule has 16 heavy (non-hydrogen) atoms. The van der Waals surface area contributed by atoms with Crippen LogP contribution in [0, 0.1) is 11.3 Å². The highest BCUT2D eigenvalue weighted by Gasteiger charge is 2.55. The van der Waals surface area contributed by atoms with Gasteiger partial charge < -0.3 is 4.48 Å². The van der Waals surface area contributed by atoms with E-state index >= 15 is 0 Å². The van der Waals surface area contributed by atoms with E-state index in [9.17, 15) is 0 Å². The van der Waals surface area contributed by atoms with Gasteiger partial charge in [0.1, 0.15) is 0 Å². The van der Waals surface area contributed by atoms with Crippen LogP contribution in [0.1, 0.15) is 61.3 Å². The zero-order chi connectivity index (χ0) is 13.0. The predicted octanol–water partition coefficient (Wildman–Crippen LogP) is 4.08. The van der Waals surface area contributed by atoms with Crippen LogP contribution in [-0.2, 0) is 0 Å². The second-order valence-electron chi connectivity index (χ2n) is 8.55. The molecule has 0 spiro atoms. The summed E-state index contributed by atoms with van der Waals surface area (Å²) in [6, 6.07) is 0. The molecule has 0 unspecified atom stereocenters. The number of hydrogen-bond acceptors (Lipinski definition) is 0. The first kappa shape index (κ1) is 14.0. The van der Waals surface area contributed by atoms with Gasteiger partial charge in [0.05, 0.1) is 25.2 Å². The van der Waals surface area contributed by atoms with E-state index in [4.69, 9.17) is 0 Å². The summed E-state index contributed by atoms with van der Waals surface area (Å²) in [5.41, 5.74) is 1.19. The smallest absolute Gasteiger partial charge is 0.0938 e. The molecule has 1 nitrogen and oxygen atoms in total. The number of hydrogen-bond donors (Lipinski definition) is 0. The average Bonchev–Trinajstić information content (AvgIpc) is 1.97. The monoisotopic (exact) mass is 226 g/mol. The minimum Gasteiger partial charge on any atom is -0.320 e. The van der Waals surface area contributed by atoms with Gasteiger partial charge in [0.25, 0.3) is 0 Å². The second kappa shape index (κ2) is 3.48. The van der Waals surface area contributed by atoms with E-state index in [1.165, 1.54) is 12.8 Å². The van der Waals surface area contributed by atoms with Crippen molar-refractivity contribution in [1.82, 2.24) is 0 Å². The van der Waals surface area contributed by atoms with Crippen LogP contribution in [0.2, 0.25) is 0 Å². The molecule has 1 aliphatic rings. The molecule has 1 rings (SSSR count). The van der Waals surface area contributed by atoms with Crippen LogP contribution in [0.5, 0.6) is 0 Å². The van der Waals surface area contributed by atoms with Crippen molar-refractivity contribution in [2.24, 2.45) is 11.3 Å². The molecule has 0 aliphatic carbocycles. The van der Waals surface area contributed by atoms with E-state index in [2.05, 4.69) is 62.6 Å². The number of piperidine rings is 1. The summed E-state index contributed by atoms with van der Waals surface area (Å²) in [6.45, 7) is 16.9. The number of rotatable bonds is 0. The lowest BCUT2D eigenvalue weighted by Gasteiger charge is -2.61. The van der Waals surface area contributed by atoms with Crippen molar-refractivity contribution >= 4 is 0 Å². The zero-order valence-electron chi connectivity index (χ0n) is 12.9. The summed E-state index contributed by atoms with van der Waals surface area (Å²) in [6.07, 6.45) is 2.68. The molecule has 0 saturated carbocycles. The van der Waals surface area contributed by atoms with Crippen LogP contribution in [0.4, 0.5) is 0 Å². The molecule has 0 N–H and O–H groups in total. The SMILES string of the molecule is CC(C)(C)C1CC(C)(C)[N+](C)(C)C(C)(C)C1. The van der Waals surface area contributed by atoms with Gasteiger partial charge >= 0.3 is 0 Å². The maximum absolute atomic E-state index is 2.44. The third-order valence-corrected chi connectivity index (χ3v) is 5.74. The fourth-order valence-corrected chi connectivity index (χ4v) is 3.17. The molecule has 0 bridgehead atoms. The molecule has 0 aromatic carbocycles. The Morgan fingerprint density at radius 3 is 1.44 bits per heavy atom. The van der Waals surface area contributed by atoms with E-state index in [0.29, 0.717) is 16.5 Å². The molecule has 0 aromatic heterocycles. The quantitative estimate of drug-likeness (QED) is 0.546. The Labute approximate surface area is 103 Å². The van der Waals surface area contributed by atoms with E-state index in [-0.39, 0.29) is 0 Å². The van der Waals surface area contributed by atoms with Gasteiger partial charge in [0.15, 0.2) is 0 Å². The molecule has 1 heterocycles. The fraction of sp³-hybridized carbons (Fsp3) is 1.00. The summed E-state index contributed by atoms with van der Waals surface area (Å²) in [5, 5.41) is 0. The predicted molar refractivity (Wildman–Crippen MR) is 72.4 cm³/mol. The molecule has 1 heteroatoms. The minimum absolute atomic E-state index is 0.375. The topological polar surface area (TPSA) is 0 Å². The van der Waals surface area contributed by atoms with Crippen LogP contribution in [0.15, 0.2) is 0 Å². The van der Waals surface area contributed by atoms with Crippen molar-refractivity contribution in [3.63, 3.8) is 0 Å². The van der Waals surface area contributed by atoms with Crippen LogP contribution in [0.3, 0.4) is 0 Å². The summed E-state index contributed by atoms with van der Waals surface area (Å²) < 4.78 is 1.13. The highest BCUT2D eigenvalue weighted by molar-refractivity contribution is 4.93. The lowest BCUT2D eigenvalue weighted by atomic mass is 9.63. The van der Waals surface area contributed by atoms with Crippen molar-refractivity contribution < 1.29 is 4.48 Å². The Kier molecular flexibility index (Phi) is 3.05. The number of nitrogens with zero attached hydrogens (tertiary/aromatic N) is 1. The van der Waals surface area contributed by atoms with Gasteiger partial charge in [0, 0.05) is 12.8 Å². The van der Waals surface area contributed by atoms with Gasteiger partial charge in [-0.15, -0.1) is 0 Å². The Morgan fingerprint density at radius 1 is 0.875 bits per heavy atom. The van der Waals surface area contributed by atoms with Gasteiger partial charge in [-0.2, -0.15) is 0 Å². The van der Waals surface area contributed by atoms with E-state index in [1.54, 1.807) is 0 Å². The first-order chi connectivity index (χ1) is 6.81. The van der Waals surface area contributed by atoms with Crippen molar-refractivity contribution in [3.8, 4) is 0 Å². The van der Waals surface area contributed by atoms with Crippen LogP contribution in [-0.4, -0.2) is 29.7 Å². The Morgan fingerprint density at radius 2 is 1.19 bits per heavy atom. The largest absolute Gasteiger partial charge is 0.320 e. The summed E-state index contributed by atoms with van der Waals surface area (Å²) in [5.74, 6) is 0.837. The van der Waals surface area contributed by atoms with Gasteiger partial charge in [-0.05, 0) is 39.0 Å². The molecule has 1 fully saturated rings. The van der Waals surface area contributed by atoms with Gasteiger partial charge in [-0.25, -0.2) is 0 Å². The summed E-state index contributed by atoms with van der Waals surface area (Å²) in [4.78, 5) is 0. The molecular weight excluding hydrogens is 194 g/mol.